The summed E-state index contributed by atoms with van der Waals surface area (Å²) in [5.41, 5.74) is 6.68. The van der Waals surface area contributed by atoms with Gasteiger partial charge in [-0.15, -0.1) is 0 Å². The van der Waals surface area contributed by atoms with Crippen molar-refractivity contribution >= 4 is 43.5 Å². The van der Waals surface area contributed by atoms with Crippen LogP contribution >= 0.6 is 0 Å². The zero-order valence-electron chi connectivity index (χ0n) is 19.6. The molecule has 6 aromatic rings. The molecule has 0 spiro atoms. The lowest BCUT2D eigenvalue weighted by Crippen LogP contribution is -2.10. The van der Waals surface area contributed by atoms with Gasteiger partial charge in [0.2, 0.25) is 0 Å². The number of rotatable bonds is 2. The third kappa shape index (κ3) is 3.29. The van der Waals surface area contributed by atoms with E-state index in [-0.39, 0.29) is 5.41 Å². The molecule has 0 aliphatic heterocycles. The highest BCUT2D eigenvalue weighted by molar-refractivity contribution is 6.23. The van der Waals surface area contributed by atoms with E-state index in [0.29, 0.717) is 0 Å². The average molecular weight is 430 g/mol. The normalized spacial score (nSPS) is 12.4. The third-order valence-corrected chi connectivity index (χ3v) is 6.58. The predicted molar refractivity (Wildman–Crippen MR) is 140 cm³/mol. The van der Waals surface area contributed by atoms with E-state index in [2.05, 4.69) is 100 Å². The maximum atomic E-state index is 6.69. The monoisotopic (exact) mass is 429 g/mol. The molecule has 0 aliphatic rings. The van der Waals surface area contributed by atoms with Crippen LogP contribution in [0.5, 0.6) is 0 Å². The van der Waals surface area contributed by atoms with Crippen LogP contribution in [0.4, 0.5) is 0 Å². The van der Waals surface area contributed by atoms with Crippen molar-refractivity contribution < 1.29 is 4.42 Å². The molecule has 0 bridgehead atoms. The number of benzene rings is 4. The molecule has 0 atom stereocenters. The van der Waals surface area contributed by atoms with Crippen molar-refractivity contribution in [2.45, 2.75) is 34.1 Å². The molecule has 2 heterocycles. The molecule has 162 valence electrons. The van der Waals surface area contributed by atoms with Gasteiger partial charge in [0, 0.05) is 27.9 Å². The van der Waals surface area contributed by atoms with Crippen LogP contribution in [-0.2, 0) is 6.42 Å². The molecule has 0 fully saturated rings. The molecule has 0 aliphatic carbocycles. The molecule has 2 heteroatoms. The summed E-state index contributed by atoms with van der Waals surface area (Å²) in [4.78, 5) is 4.81. The quantitative estimate of drug-likeness (QED) is 0.257. The number of aryl methyl sites for hydroxylation is 1. The molecule has 0 saturated heterocycles. The summed E-state index contributed by atoms with van der Waals surface area (Å²) in [7, 11) is 0. The van der Waals surface area contributed by atoms with Crippen molar-refractivity contribution in [2.75, 3.05) is 0 Å². The summed E-state index contributed by atoms with van der Waals surface area (Å²) in [6.07, 6.45) is 3.02. The summed E-state index contributed by atoms with van der Waals surface area (Å²) in [5, 5.41) is 7.11. The smallest absolute Gasteiger partial charge is 0.144 e. The van der Waals surface area contributed by atoms with Crippen molar-refractivity contribution in [3.63, 3.8) is 0 Å². The van der Waals surface area contributed by atoms with Gasteiger partial charge in [0.25, 0.3) is 0 Å². The van der Waals surface area contributed by atoms with E-state index in [1.165, 1.54) is 32.7 Å². The summed E-state index contributed by atoms with van der Waals surface area (Å²) < 4.78 is 6.69. The standard InChI is InChI=1S/C31H27NO/c1-19-18-32-27(16-22(19)17-31(2,3)4)26-11-7-10-24-25-15-14-21-13-12-20-8-5-6-9-23(20)28(21)30(25)33-29(24)26/h5-16,18H,17H2,1-4H3. The number of pyridine rings is 1. The fourth-order valence-corrected chi connectivity index (χ4v) is 5.02. The first-order valence-electron chi connectivity index (χ1n) is 11.6. The molecule has 0 amide bonds. The lowest BCUT2D eigenvalue weighted by molar-refractivity contribution is 0.410. The SMILES string of the molecule is Cc1cnc(-c2cccc3c2oc2c3ccc3ccc4ccccc4c32)cc1CC(C)(C)C. The first-order chi connectivity index (χ1) is 15.9. The van der Waals surface area contributed by atoms with Gasteiger partial charge in [0.05, 0.1) is 5.69 Å². The number of aromatic nitrogens is 1. The van der Waals surface area contributed by atoms with Gasteiger partial charge in [-0.3, -0.25) is 4.98 Å². The van der Waals surface area contributed by atoms with Crippen LogP contribution < -0.4 is 0 Å². The number of fused-ring (bicyclic) bond motifs is 7. The van der Waals surface area contributed by atoms with E-state index in [1.54, 1.807) is 0 Å². The Morgan fingerprint density at radius 3 is 2.33 bits per heavy atom. The Balaban J connectivity index is 1.65. The van der Waals surface area contributed by atoms with Crippen LogP contribution in [0.25, 0.3) is 54.7 Å². The van der Waals surface area contributed by atoms with Gasteiger partial charge in [-0.05, 0) is 64.2 Å². The Kier molecular flexibility index (Phi) is 4.35. The van der Waals surface area contributed by atoms with Gasteiger partial charge in [0.15, 0.2) is 0 Å². The van der Waals surface area contributed by atoms with E-state index in [9.17, 15) is 0 Å². The molecule has 4 aromatic carbocycles. The van der Waals surface area contributed by atoms with Crippen LogP contribution in [0.15, 0.2) is 83.4 Å². The Bertz CT molecular complexity index is 1680. The molecule has 2 aromatic heterocycles. The van der Waals surface area contributed by atoms with E-state index in [4.69, 9.17) is 9.40 Å². The average Bonchev–Trinajstić information content (AvgIpc) is 3.18. The minimum atomic E-state index is 0.217. The van der Waals surface area contributed by atoms with Gasteiger partial charge in [-0.25, -0.2) is 0 Å². The second-order valence-electron chi connectivity index (χ2n) is 10.3. The first-order valence-corrected chi connectivity index (χ1v) is 11.6. The zero-order chi connectivity index (χ0) is 22.7. The third-order valence-electron chi connectivity index (χ3n) is 6.58. The van der Waals surface area contributed by atoms with Gasteiger partial charge in [-0.2, -0.15) is 0 Å². The number of furan rings is 1. The van der Waals surface area contributed by atoms with E-state index < -0.39 is 0 Å². The molecule has 0 radical (unpaired) electrons. The summed E-state index contributed by atoms with van der Waals surface area (Å²) in [6.45, 7) is 8.99. The molecular weight excluding hydrogens is 402 g/mol. The fraction of sp³-hybridized carbons (Fsp3) is 0.194. The highest BCUT2D eigenvalue weighted by Crippen LogP contribution is 2.40. The summed E-state index contributed by atoms with van der Waals surface area (Å²) in [5.74, 6) is 0. The fourth-order valence-electron chi connectivity index (χ4n) is 5.02. The van der Waals surface area contributed by atoms with E-state index >= 15 is 0 Å². The summed E-state index contributed by atoms with van der Waals surface area (Å²) in [6, 6.07) is 25.9. The van der Waals surface area contributed by atoms with E-state index in [1.807, 2.05) is 6.20 Å². The Morgan fingerprint density at radius 2 is 1.48 bits per heavy atom. The van der Waals surface area contributed by atoms with Crippen LogP contribution in [0.3, 0.4) is 0 Å². The Hall–Kier alpha value is -3.65. The minimum Gasteiger partial charge on any atom is -0.455 e. The van der Waals surface area contributed by atoms with Crippen molar-refractivity contribution in [2.24, 2.45) is 5.41 Å². The molecule has 33 heavy (non-hydrogen) atoms. The van der Waals surface area contributed by atoms with Crippen LogP contribution in [0, 0.1) is 12.3 Å². The van der Waals surface area contributed by atoms with Crippen molar-refractivity contribution in [1.82, 2.24) is 4.98 Å². The largest absolute Gasteiger partial charge is 0.455 e. The second kappa shape index (κ2) is 7.18. The van der Waals surface area contributed by atoms with Crippen molar-refractivity contribution in [3.05, 3.63) is 90.1 Å². The number of hydrogen-bond donors (Lipinski definition) is 0. The number of nitrogens with zero attached hydrogens (tertiary/aromatic N) is 1. The lowest BCUT2D eigenvalue weighted by atomic mass is 9.86. The highest BCUT2D eigenvalue weighted by atomic mass is 16.3. The molecule has 0 saturated carbocycles. The molecule has 0 N–H and O–H groups in total. The van der Waals surface area contributed by atoms with Gasteiger partial charge >= 0.3 is 0 Å². The van der Waals surface area contributed by atoms with Crippen LogP contribution in [0.2, 0.25) is 0 Å². The predicted octanol–water partition coefficient (Wildman–Crippen LogP) is 8.85. The molecular formula is C31H27NO. The topological polar surface area (TPSA) is 26.0 Å². The van der Waals surface area contributed by atoms with Crippen molar-refractivity contribution in [1.29, 1.82) is 0 Å². The highest BCUT2D eigenvalue weighted by Gasteiger charge is 2.18. The zero-order valence-corrected chi connectivity index (χ0v) is 19.6. The maximum absolute atomic E-state index is 6.69. The maximum Gasteiger partial charge on any atom is 0.144 e. The first kappa shape index (κ1) is 20.0. The summed E-state index contributed by atoms with van der Waals surface area (Å²) >= 11 is 0. The van der Waals surface area contributed by atoms with E-state index in [0.717, 1.165) is 39.6 Å². The Labute approximate surface area is 193 Å². The molecule has 0 unspecified atom stereocenters. The Morgan fingerprint density at radius 1 is 0.758 bits per heavy atom. The number of hydrogen-bond acceptors (Lipinski definition) is 2. The van der Waals surface area contributed by atoms with Crippen molar-refractivity contribution in [3.8, 4) is 11.3 Å². The van der Waals surface area contributed by atoms with Gasteiger partial charge < -0.3 is 4.42 Å². The van der Waals surface area contributed by atoms with Gasteiger partial charge in [0.1, 0.15) is 11.2 Å². The number of para-hydroxylation sites is 1. The minimum absolute atomic E-state index is 0.217. The van der Waals surface area contributed by atoms with Crippen LogP contribution in [-0.4, -0.2) is 4.98 Å². The molecule has 6 rings (SSSR count). The second-order valence-corrected chi connectivity index (χ2v) is 10.3. The van der Waals surface area contributed by atoms with Gasteiger partial charge in [-0.1, -0.05) is 75.4 Å². The lowest BCUT2D eigenvalue weighted by Gasteiger charge is -2.20. The molecule has 2 nitrogen and oxygen atoms in total. The van der Waals surface area contributed by atoms with Crippen LogP contribution in [0.1, 0.15) is 31.9 Å².